The van der Waals surface area contributed by atoms with Crippen molar-refractivity contribution in [2.75, 3.05) is 46.4 Å². The summed E-state index contributed by atoms with van der Waals surface area (Å²) in [5, 5.41) is 13.4. The summed E-state index contributed by atoms with van der Waals surface area (Å²) in [7, 11) is 2.17. The third-order valence-corrected chi connectivity index (χ3v) is 5.34. The lowest BCUT2D eigenvalue weighted by Crippen LogP contribution is -2.44. The molecule has 1 fully saturated rings. The first-order valence-electron chi connectivity index (χ1n) is 10.1. The van der Waals surface area contributed by atoms with Crippen LogP contribution in [0.15, 0.2) is 42.6 Å². The minimum absolute atomic E-state index is 0.414. The predicted molar refractivity (Wildman–Crippen MR) is 112 cm³/mol. The number of piperazine rings is 1. The number of likely N-dealkylation sites (N-methyl/N-ethyl adjacent to an activating group) is 1. The van der Waals surface area contributed by atoms with E-state index in [2.05, 4.69) is 33.0 Å². The molecule has 1 aliphatic rings. The molecule has 1 aromatic carbocycles. The first-order chi connectivity index (χ1) is 14.2. The monoisotopic (exact) mass is 390 g/mol. The van der Waals surface area contributed by atoms with E-state index in [0.29, 0.717) is 18.9 Å². The highest BCUT2D eigenvalue weighted by molar-refractivity contribution is 5.63. The van der Waals surface area contributed by atoms with Gasteiger partial charge in [-0.25, -0.2) is 9.50 Å². The second-order valence-electron chi connectivity index (χ2n) is 7.46. The number of ether oxygens (including phenoxy) is 1. The topological polar surface area (TPSA) is 69.7 Å². The van der Waals surface area contributed by atoms with Crippen LogP contribution in [0.25, 0.3) is 16.9 Å². The highest BCUT2D eigenvalue weighted by atomic mass is 16.5. The van der Waals surface area contributed by atoms with E-state index in [4.69, 9.17) is 10.00 Å². The fraction of sp³-hybridized carbons (Fsp3) is 0.409. The molecule has 150 valence electrons. The molecule has 0 radical (unpaired) electrons. The molecule has 0 aliphatic carbocycles. The van der Waals surface area contributed by atoms with Gasteiger partial charge in [-0.3, -0.25) is 0 Å². The van der Waals surface area contributed by atoms with Crippen LogP contribution in [0.3, 0.4) is 0 Å². The van der Waals surface area contributed by atoms with E-state index in [1.165, 1.54) is 0 Å². The average Bonchev–Trinajstić information content (AvgIpc) is 3.17. The second-order valence-corrected chi connectivity index (χ2v) is 7.46. The Bertz CT molecular complexity index is 983. The van der Waals surface area contributed by atoms with Crippen molar-refractivity contribution in [2.45, 2.75) is 12.8 Å². The number of nitrogens with zero attached hydrogens (tertiary/aromatic N) is 6. The maximum Gasteiger partial charge on any atom is 0.231 e. The van der Waals surface area contributed by atoms with Crippen molar-refractivity contribution in [3.63, 3.8) is 0 Å². The third kappa shape index (κ3) is 4.73. The molecule has 0 amide bonds. The van der Waals surface area contributed by atoms with Crippen molar-refractivity contribution in [2.24, 2.45) is 0 Å². The van der Waals surface area contributed by atoms with Crippen molar-refractivity contribution in [1.82, 2.24) is 24.4 Å². The summed E-state index contributed by atoms with van der Waals surface area (Å²) < 4.78 is 7.72. The van der Waals surface area contributed by atoms with Crippen molar-refractivity contribution in [3.8, 4) is 23.2 Å². The molecule has 0 atom stereocenters. The van der Waals surface area contributed by atoms with E-state index in [1.807, 2.05) is 47.1 Å². The van der Waals surface area contributed by atoms with Gasteiger partial charge in [0.2, 0.25) is 5.88 Å². The smallest absolute Gasteiger partial charge is 0.231 e. The number of benzene rings is 1. The molecule has 3 aromatic rings. The van der Waals surface area contributed by atoms with E-state index in [0.717, 1.165) is 61.6 Å². The summed E-state index contributed by atoms with van der Waals surface area (Å²) in [5.41, 5.74) is 3.71. The zero-order valence-electron chi connectivity index (χ0n) is 16.8. The first kappa shape index (κ1) is 19.4. The number of imidazole rings is 1. The highest BCUT2D eigenvalue weighted by Gasteiger charge is 2.13. The molecule has 1 saturated heterocycles. The van der Waals surface area contributed by atoms with Crippen molar-refractivity contribution in [3.05, 3.63) is 48.2 Å². The number of aromatic nitrogens is 3. The summed E-state index contributed by atoms with van der Waals surface area (Å²) >= 11 is 0. The van der Waals surface area contributed by atoms with Gasteiger partial charge in [-0.15, -0.1) is 5.10 Å². The van der Waals surface area contributed by atoms with Gasteiger partial charge in [-0.05, 0) is 25.1 Å². The minimum atomic E-state index is 0.414. The standard InChI is InChI=1S/C22H26N6O/c1-26-12-14-27(15-13-26)11-2-16-29-22-8-7-21-24-17-20(28(21)25-22)19-5-3-18(4-6-19)9-10-23/h3-8,17H,2,9,11-16H2,1H3. The molecule has 0 spiro atoms. The highest BCUT2D eigenvalue weighted by Crippen LogP contribution is 2.22. The van der Waals surface area contributed by atoms with E-state index >= 15 is 0 Å². The lowest BCUT2D eigenvalue weighted by Gasteiger charge is -2.32. The van der Waals surface area contributed by atoms with Crippen molar-refractivity contribution in [1.29, 1.82) is 5.26 Å². The zero-order chi connectivity index (χ0) is 20.1. The fourth-order valence-corrected chi connectivity index (χ4v) is 3.55. The van der Waals surface area contributed by atoms with Gasteiger partial charge in [0, 0.05) is 44.4 Å². The van der Waals surface area contributed by atoms with E-state index in [-0.39, 0.29) is 0 Å². The number of nitriles is 1. The van der Waals surface area contributed by atoms with Crippen LogP contribution in [0.2, 0.25) is 0 Å². The van der Waals surface area contributed by atoms with Gasteiger partial charge in [0.05, 0.1) is 31.0 Å². The van der Waals surface area contributed by atoms with Crippen LogP contribution in [0, 0.1) is 11.3 Å². The molecule has 0 unspecified atom stereocenters. The van der Waals surface area contributed by atoms with Gasteiger partial charge in [0.25, 0.3) is 0 Å². The summed E-state index contributed by atoms with van der Waals surface area (Å²) in [6.45, 7) is 6.25. The lowest BCUT2D eigenvalue weighted by molar-refractivity contribution is 0.145. The Hall–Kier alpha value is -2.95. The Morgan fingerprint density at radius 2 is 1.86 bits per heavy atom. The summed E-state index contributed by atoms with van der Waals surface area (Å²) in [5.74, 6) is 0.608. The average molecular weight is 390 g/mol. The number of hydrogen-bond acceptors (Lipinski definition) is 6. The van der Waals surface area contributed by atoms with Crippen LogP contribution in [-0.4, -0.2) is 70.8 Å². The summed E-state index contributed by atoms with van der Waals surface area (Å²) in [6.07, 6.45) is 3.22. The maximum absolute atomic E-state index is 8.83. The Morgan fingerprint density at radius 1 is 1.07 bits per heavy atom. The molecule has 4 rings (SSSR count). The summed E-state index contributed by atoms with van der Waals surface area (Å²) in [6, 6.07) is 13.9. The van der Waals surface area contributed by atoms with Gasteiger partial charge in [0.15, 0.2) is 5.65 Å². The van der Waals surface area contributed by atoms with Crippen molar-refractivity contribution >= 4 is 5.65 Å². The molecular formula is C22H26N6O. The molecule has 0 bridgehead atoms. The number of fused-ring (bicyclic) bond motifs is 1. The summed E-state index contributed by atoms with van der Waals surface area (Å²) in [4.78, 5) is 9.30. The number of hydrogen-bond donors (Lipinski definition) is 0. The molecule has 0 N–H and O–H groups in total. The molecule has 29 heavy (non-hydrogen) atoms. The Balaban J connectivity index is 1.38. The van der Waals surface area contributed by atoms with Crippen molar-refractivity contribution < 1.29 is 4.74 Å². The SMILES string of the molecule is CN1CCN(CCCOc2ccc3ncc(-c4ccc(CC#N)cc4)n3n2)CC1. The fourth-order valence-electron chi connectivity index (χ4n) is 3.55. The Kier molecular flexibility index (Phi) is 6.03. The molecule has 2 aromatic heterocycles. The van der Waals surface area contributed by atoms with Crippen LogP contribution in [0.4, 0.5) is 0 Å². The number of rotatable bonds is 7. The van der Waals surface area contributed by atoms with Crippen LogP contribution >= 0.6 is 0 Å². The molecule has 1 aliphatic heterocycles. The van der Waals surface area contributed by atoms with Crippen LogP contribution < -0.4 is 4.74 Å². The molecule has 3 heterocycles. The second kappa shape index (κ2) is 9.03. The molecular weight excluding hydrogens is 364 g/mol. The first-order valence-corrected chi connectivity index (χ1v) is 10.1. The van der Waals surface area contributed by atoms with Gasteiger partial charge in [-0.2, -0.15) is 5.26 Å². The van der Waals surface area contributed by atoms with Crippen LogP contribution in [-0.2, 0) is 6.42 Å². The molecule has 7 nitrogen and oxygen atoms in total. The Morgan fingerprint density at radius 3 is 2.62 bits per heavy atom. The van der Waals surface area contributed by atoms with Crippen LogP contribution in [0.5, 0.6) is 5.88 Å². The largest absolute Gasteiger partial charge is 0.477 e. The lowest BCUT2D eigenvalue weighted by atomic mass is 10.1. The van der Waals surface area contributed by atoms with E-state index < -0.39 is 0 Å². The molecule has 0 saturated carbocycles. The van der Waals surface area contributed by atoms with Gasteiger partial charge in [-0.1, -0.05) is 24.3 Å². The maximum atomic E-state index is 8.83. The molecule has 7 heteroatoms. The zero-order valence-corrected chi connectivity index (χ0v) is 16.8. The van der Waals surface area contributed by atoms with Gasteiger partial charge in [0.1, 0.15) is 0 Å². The van der Waals surface area contributed by atoms with Crippen LogP contribution in [0.1, 0.15) is 12.0 Å². The van der Waals surface area contributed by atoms with E-state index in [1.54, 1.807) is 0 Å². The van der Waals surface area contributed by atoms with E-state index in [9.17, 15) is 0 Å². The minimum Gasteiger partial charge on any atom is -0.477 e. The Labute approximate surface area is 171 Å². The van der Waals surface area contributed by atoms with Gasteiger partial charge >= 0.3 is 0 Å². The quantitative estimate of drug-likeness (QED) is 0.577. The predicted octanol–water partition coefficient (Wildman–Crippen LogP) is 2.48. The third-order valence-electron chi connectivity index (χ3n) is 5.34. The van der Waals surface area contributed by atoms with Gasteiger partial charge < -0.3 is 14.5 Å². The normalized spacial score (nSPS) is 15.4.